The molecule has 1 aromatic rings. The van der Waals surface area contributed by atoms with E-state index in [-0.39, 0.29) is 0 Å². The van der Waals surface area contributed by atoms with Gasteiger partial charge in [0.25, 0.3) is 0 Å². The SMILES string of the molecule is COc1cccc(C(C)NCC2CC2(C)C)c1. The van der Waals surface area contributed by atoms with E-state index < -0.39 is 0 Å². The van der Waals surface area contributed by atoms with E-state index in [1.807, 2.05) is 12.1 Å². The summed E-state index contributed by atoms with van der Waals surface area (Å²) in [5.74, 6) is 1.78. The summed E-state index contributed by atoms with van der Waals surface area (Å²) in [6, 6.07) is 8.68. The van der Waals surface area contributed by atoms with Gasteiger partial charge in [0.15, 0.2) is 0 Å². The molecule has 17 heavy (non-hydrogen) atoms. The Kier molecular flexibility index (Phi) is 3.43. The number of hydrogen-bond donors (Lipinski definition) is 1. The van der Waals surface area contributed by atoms with Crippen molar-refractivity contribution in [2.24, 2.45) is 11.3 Å². The fraction of sp³-hybridized carbons (Fsp3) is 0.600. The van der Waals surface area contributed by atoms with Gasteiger partial charge in [0.2, 0.25) is 0 Å². The maximum Gasteiger partial charge on any atom is 0.119 e. The number of rotatable bonds is 5. The lowest BCUT2D eigenvalue weighted by atomic mass is 10.1. The van der Waals surface area contributed by atoms with E-state index in [0.29, 0.717) is 11.5 Å². The highest BCUT2D eigenvalue weighted by Crippen LogP contribution is 2.51. The molecule has 2 atom stereocenters. The van der Waals surface area contributed by atoms with E-state index in [0.717, 1.165) is 18.2 Å². The summed E-state index contributed by atoms with van der Waals surface area (Å²) in [7, 11) is 1.71. The summed E-state index contributed by atoms with van der Waals surface area (Å²) in [4.78, 5) is 0. The molecule has 94 valence electrons. The van der Waals surface area contributed by atoms with Crippen LogP contribution in [0, 0.1) is 11.3 Å². The first-order valence-corrected chi connectivity index (χ1v) is 6.40. The molecule has 0 radical (unpaired) electrons. The third kappa shape index (κ3) is 3.01. The van der Waals surface area contributed by atoms with Crippen LogP contribution in [-0.4, -0.2) is 13.7 Å². The van der Waals surface area contributed by atoms with Crippen LogP contribution in [0.15, 0.2) is 24.3 Å². The average Bonchev–Trinajstić information content (AvgIpc) is 2.94. The second-order valence-corrected chi connectivity index (χ2v) is 5.80. The molecule has 0 bridgehead atoms. The molecule has 1 aliphatic carbocycles. The summed E-state index contributed by atoms with van der Waals surface area (Å²) >= 11 is 0. The van der Waals surface area contributed by atoms with E-state index in [4.69, 9.17) is 4.74 Å². The van der Waals surface area contributed by atoms with Crippen molar-refractivity contribution in [2.75, 3.05) is 13.7 Å². The van der Waals surface area contributed by atoms with E-state index in [1.54, 1.807) is 7.11 Å². The van der Waals surface area contributed by atoms with Crippen molar-refractivity contribution in [1.82, 2.24) is 5.32 Å². The number of nitrogens with one attached hydrogen (secondary N) is 1. The Balaban J connectivity index is 1.88. The fourth-order valence-corrected chi connectivity index (χ4v) is 2.27. The molecule has 0 heterocycles. The zero-order valence-electron chi connectivity index (χ0n) is 11.3. The van der Waals surface area contributed by atoms with Crippen LogP contribution in [0.5, 0.6) is 5.75 Å². The molecule has 2 rings (SSSR count). The van der Waals surface area contributed by atoms with Gasteiger partial charge >= 0.3 is 0 Å². The fourth-order valence-electron chi connectivity index (χ4n) is 2.27. The Morgan fingerprint density at radius 3 is 2.76 bits per heavy atom. The monoisotopic (exact) mass is 233 g/mol. The van der Waals surface area contributed by atoms with Gasteiger partial charge in [0, 0.05) is 6.04 Å². The molecular formula is C15H23NO. The van der Waals surface area contributed by atoms with E-state index >= 15 is 0 Å². The maximum absolute atomic E-state index is 5.25. The Morgan fingerprint density at radius 1 is 1.47 bits per heavy atom. The lowest BCUT2D eigenvalue weighted by Crippen LogP contribution is -2.22. The Bertz CT molecular complexity index is 386. The van der Waals surface area contributed by atoms with Gasteiger partial charge in [-0.05, 0) is 48.9 Å². The smallest absolute Gasteiger partial charge is 0.119 e. The van der Waals surface area contributed by atoms with Crippen LogP contribution in [-0.2, 0) is 0 Å². The second-order valence-electron chi connectivity index (χ2n) is 5.80. The van der Waals surface area contributed by atoms with Crippen LogP contribution in [0.4, 0.5) is 0 Å². The van der Waals surface area contributed by atoms with Gasteiger partial charge in [0.05, 0.1) is 7.11 Å². The van der Waals surface area contributed by atoms with Crippen LogP contribution < -0.4 is 10.1 Å². The van der Waals surface area contributed by atoms with Crippen LogP contribution in [0.1, 0.15) is 38.8 Å². The van der Waals surface area contributed by atoms with Gasteiger partial charge in [-0.2, -0.15) is 0 Å². The Morgan fingerprint density at radius 2 is 2.18 bits per heavy atom. The Labute approximate surface area is 104 Å². The molecule has 2 unspecified atom stereocenters. The zero-order valence-corrected chi connectivity index (χ0v) is 11.3. The number of ether oxygens (including phenoxy) is 1. The summed E-state index contributed by atoms with van der Waals surface area (Å²) in [5, 5.41) is 3.61. The molecule has 2 nitrogen and oxygen atoms in total. The minimum absolute atomic E-state index is 0.390. The molecule has 1 saturated carbocycles. The van der Waals surface area contributed by atoms with E-state index in [1.165, 1.54) is 12.0 Å². The standard InChI is InChI=1S/C15H23NO/c1-11(16-10-13-9-15(13,2)3)12-6-5-7-14(8-12)17-4/h5-8,11,13,16H,9-10H2,1-4H3. The predicted octanol–water partition coefficient (Wildman–Crippen LogP) is 3.39. The molecule has 1 aliphatic rings. The van der Waals surface area contributed by atoms with Gasteiger partial charge in [-0.15, -0.1) is 0 Å². The summed E-state index contributed by atoms with van der Waals surface area (Å²) in [6.07, 6.45) is 1.35. The van der Waals surface area contributed by atoms with Crippen molar-refractivity contribution >= 4 is 0 Å². The largest absolute Gasteiger partial charge is 0.497 e. The summed E-state index contributed by atoms with van der Waals surface area (Å²) < 4.78 is 5.25. The van der Waals surface area contributed by atoms with Crippen molar-refractivity contribution in [2.45, 2.75) is 33.2 Å². The molecule has 0 spiro atoms. The third-order valence-electron chi connectivity index (χ3n) is 3.98. The van der Waals surface area contributed by atoms with Crippen molar-refractivity contribution < 1.29 is 4.74 Å². The number of methoxy groups -OCH3 is 1. The lowest BCUT2D eigenvalue weighted by molar-refractivity contribution is 0.413. The first kappa shape index (κ1) is 12.4. The molecule has 1 fully saturated rings. The first-order chi connectivity index (χ1) is 8.03. The van der Waals surface area contributed by atoms with Gasteiger partial charge < -0.3 is 10.1 Å². The summed E-state index contributed by atoms with van der Waals surface area (Å²) in [5.41, 5.74) is 1.85. The minimum Gasteiger partial charge on any atom is -0.497 e. The highest BCUT2D eigenvalue weighted by Gasteiger charge is 2.44. The average molecular weight is 233 g/mol. The van der Waals surface area contributed by atoms with Crippen molar-refractivity contribution in [3.8, 4) is 5.75 Å². The molecule has 0 aromatic heterocycles. The molecule has 0 amide bonds. The topological polar surface area (TPSA) is 21.3 Å². The third-order valence-corrected chi connectivity index (χ3v) is 3.98. The first-order valence-electron chi connectivity index (χ1n) is 6.40. The predicted molar refractivity (Wildman–Crippen MR) is 71.3 cm³/mol. The molecule has 2 heteroatoms. The minimum atomic E-state index is 0.390. The molecule has 1 N–H and O–H groups in total. The van der Waals surface area contributed by atoms with E-state index in [2.05, 4.69) is 38.2 Å². The molecular weight excluding hydrogens is 210 g/mol. The summed E-state index contributed by atoms with van der Waals surface area (Å²) in [6.45, 7) is 8.01. The van der Waals surface area contributed by atoms with Crippen LogP contribution in [0.25, 0.3) is 0 Å². The maximum atomic E-state index is 5.25. The highest BCUT2D eigenvalue weighted by molar-refractivity contribution is 5.30. The van der Waals surface area contributed by atoms with Gasteiger partial charge in [-0.3, -0.25) is 0 Å². The van der Waals surface area contributed by atoms with Gasteiger partial charge in [-0.25, -0.2) is 0 Å². The molecule has 0 saturated heterocycles. The van der Waals surface area contributed by atoms with Gasteiger partial charge in [0.1, 0.15) is 5.75 Å². The van der Waals surface area contributed by atoms with E-state index in [9.17, 15) is 0 Å². The van der Waals surface area contributed by atoms with Crippen molar-refractivity contribution in [3.05, 3.63) is 29.8 Å². The van der Waals surface area contributed by atoms with Crippen molar-refractivity contribution in [1.29, 1.82) is 0 Å². The van der Waals surface area contributed by atoms with Crippen LogP contribution >= 0.6 is 0 Å². The quantitative estimate of drug-likeness (QED) is 0.841. The number of hydrogen-bond acceptors (Lipinski definition) is 2. The number of benzene rings is 1. The van der Waals surface area contributed by atoms with Crippen LogP contribution in [0.2, 0.25) is 0 Å². The normalized spacial score (nSPS) is 23.2. The van der Waals surface area contributed by atoms with Crippen molar-refractivity contribution in [3.63, 3.8) is 0 Å². The molecule has 0 aliphatic heterocycles. The zero-order chi connectivity index (χ0) is 12.5. The van der Waals surface area contributed by atoms with Crippen LogP contribution in [0.3, 0.4) is 0 Å². The molecule has 1 aromatic carbocycles. The second kappa shape index (κ2) is 4.69. The lowest BCUT2D eigenvalue weighted by Gasteiger charge is -2.15. The Hall–Kier alpha value is -1.02. The van der Waals surface area contributed by atoms with Gasteiger partial charge in [-0.1, -0.05) is 26.0 Å². The highest BCUT2D eigenvalue weighted by atomic mass is 16.5.